The van der Waals surface area contributed by atoms with E-state index in [1.807, 2.05) is 58.5 Å². The predicted molar refractivity (Wildman–Crippen MR) is 125 cm³/mol. The number of pyridine rings is 1. The number of para-hydroxylation sites is 1. The third-order valence-electron chi connectivity index (χ3n) is 4.75. The molecule has 31 heavy (non-hydrogen) atoms. The molecule has 158 valence electrons. The zero-order valence-corrected chi connectivity index (χ0v) is 18.9. The highest BCUT2D eigenvalue weighted by atomic mass is 32.2. The van der Waals surface area contributed by atoms with Crippen LogP contribution in [0.4, 0.5) is 0 Å². The lowest BCUT2D eigenvalue weighted by Crippen LogP contribution is -2.32. The van der Waals surface area contributed by atoms with Crippen LogP contribution in [0.3, 0.4) is 0 Å². The summed E-state index contributed by atoms with van der Waals surface area (Å²) in [6, 6.07) is 17.8. The van der Waals surface area contributed by atoms with E-state index in [2.05, 4.69) is 40.4 Å². The van der Waals surface area contributed by atoms with Gasteiger partial charge in [-0.2, -0.15) is 0 Å². The molecule has 0 radical (unpaired) electrons. The number of aromatic nitrogens is 4. The fourth-order valence-electron chi connectivity index (χ4n) is 3.24. The van der Waals surface area contributed by atoms with Gasteiger partial charge in [0.15, 0.2) is 11.0 Å². The Hall–Kier alpha value is -2.97. The zero-order chi connectivity index (χ0) is 21.6. The highest BCUT2D eigenvalue weighted by molar-refractivity contribution is 7.99. The minimum absolute atomic E-state index is 0.00692. The number of nitrogens with zero attached hydrogens (tertiary/aromatic N) is 4. The van der Waals surface area contributed by atoms with Crippen LogP contribution in [-0.4, -0.2) is 31.4 Å². The first kappa shape index (κ1) is 21.3. The third kappa shape index (κ3) is 5.03. The molecule has 0 saturated carbocycles. The second-order valence-electron chi connectivity index (χ2n) is 7.31. The van der Waals surface area contributed by atoms with Crippen LogP contribution in [0, 0.1) is 5.92 Å². The SMILES string of the molecule is CC(C)C(NC(=O)CSc1nnc(-c2ccncc2)n1-c1ccccc1)c1cccs1. The molecule has 4 aromatic rings. The summed E-state index contributed by atoms with van der Waals surface area (Å²) in [5.74, 6) is 1.26. The molecule has 0 aliphatic carbocycles. The molecule has 1 N–H and O–H groups in total. The topological polar surface area (TPSA) is 72.7 Å². The van der Waals surface area contributed by atoms with Crippen molar-refractivity contribution in [2.24, 2.45) is 5.92 Å². The van der Waals surface area contributed by atoms with E-state index in [9.17, 15) is 4.79 Å². The summed E-state index contributed by atoms with van der Waals surface area (Å²) in [7, 11) is 0. The van der Waals surface area contributed by atoms with Crippen molar-refractivity contribution in [3.05, 3.63) is 77.2 Å². The molecule has 6 nitrogen and oxygen atoms in total. The Kier molecular flexibility index (Phi) is 6.79. The normalized spacial score (nSPS) is 12.1. The quantitative estimate of drug-likeness (QED) is 0.383. The molecule has 0 bridgehead atoms. The minimum Gasteiger partial charge on any atom is -0.347 e. The van der Waals surface area contributed by atoms with Gasteiger partial charge in [-0.3, -0.25) is 14.3 Å². The van der Waals surface area contributed by atoms with Gasteiger partial charge in [0.2, 0.25) is 5.91 Å². The van der Waals surface area contributed by atoms with Crippen molar-refractivity contribution >= 4 is 29.0 Å². The van der Waals surface area contributed by atoms with Gasteiger partial charge in [-0.15, -0.1) is 21.5 Å². The van der Waals surface area contributed by atoms with Gasteiger partial charge in [0.05, 0.1) is 11.8 Å². The van der Waals surface area contributed by atoms with Gasteiger partial charge in [-0.1, -0.05) is 49.9 Å². The average Bonchev–Trinajstić information content (AvgIpc) is 3.47. The van der Waals surface area contributed by atoms with Gasteiger partial charge in [-0.25, -0.2) is 0 Å². The second-order valence-corrected chi connectivity index (χ2v) is 9.23. The van der Waals surface area contributed by atoms with Crippen LogP contribution in [0.1, 0.15) is 24.8 Å². The molecule has 8 heteroatoms. The second kappa shape index (κ2) is 9.89. The number of thioether (sulfide) groups is 1. The van der Waals surface area contributed by atoms with E-state index < -0.39 is 0 Å². The van der Waals surface area contributed by atoms with Crippen molar-refractivity contribution in [1.29, 1.82) is 0 Å². The van der Waals surface area contributed by atoms with E-state index in [1.165, 1.54) is 16.6 Å². The van der Waals surface area contributed by atoms with Crippen molar-refractivity contribution in [3.63, 3.8) is 0 Å². The Balaban J connectivity index is 1.55. The first-order chi connectivity index (χ1) is 15.1. The molecular formula is C23H23N5OS2. The van der Waals surface area contributed by atoms with E-state index in [4.69, 9.17) is 0 Å². The number of thiophene rings is 1. The maximum absolute atomic E-state index is 12.8. The number of benzene rings is 1. The molecule has 0 fully saturated rings. The van der Waals surface area contributed by atoms with Crippen LogP contribution in [0.15, 0.2) is 77.5 Å². The summed E-state index contributed by atoms with van der Waals surface area (Å²) in [6.07, 6.45) is 3.46. The summed E-state index contributed by atoms with van der Waals surface area (Å²) in [6.45, 7) is 4.23. The van der Waals surface area contributed by atoms with Crippen molar-refractivity contribution in [2.45, 2.75) is 25.0 Å². The van der Waals surface area contributed by atoms with Crippen LogP contribution >= 0.6 is 23.1 Å². The standard InChI is InChI=1S/C23H23N5OS2/c1-16(2)21(19-9-6-14-30-19)25-20(29)15-31-23-27-26-22(17-10-12-24-13-11-17)28(23)18-7-4-3-5-8-18/h3-14,16,21H,15H2,1-2H3,(H,25,29). The van der Waals surface area contributed by atoms with Gasteiger partial charge < -0.3 is 5.32 Å². The van der Waals surface area contributed by atoms with Crippen molar-refractivity contribution in [2.75, 3.05) is 5.75 Å². The molecule has 4 rings (SSSR count). The maximum atomic E-state index is 12.8. The lowest BCUT2D eigenvalue weighted by molar-refractivity contribution is -0.119. The summed E-state index contributed by atoms with van der Waals surface area (Å²) in [4.78, 5) is 18.0. The molecule has 0 spiro atoms. The molecule has 3 heterocycles. The number of hydrogen-bond donors (Lipinski definition) is 1. The first-order valence-corrected chi connectivity index (χ1v) is 11.9. The van der Waals surface area contributed by atoms with Gasteiger partial charge >= 0.3 is 0 Å². The van der Waals surface area contributed by atoms with E-state index in [1.54, 1.807) is 23.7 Å². The largest absolute Gasteiger partial charge is 0.347 e. The van der Waals surface area contributed by atoms with Crippen molar-refractivity contribution < 1.29 is 4.79 Å². The summed E-state index contributed by atoms with van der Waals surface area (Å²) in [5.41, 5.74) is 1.86. The molecule has 3 aromatic heterocycles. The van der Waals surface area contributed by atoms with Crippen LogP contribution in [-0.2, 0) is 4.79 Å². The van der Waals surface area contributed by atoms with Crippen LogP contribution < -0.4 is 5.32 Å². The molecule has 1 unspecified atom stereocenters. The molecule has 0 aliphatic rings. The Bertz CT molecular complexity index is 1110. The highest BCUT2D eigenvalue weighted by Crippen LogP contribution is 2.29. The van der Waals surface area contributed by atoms with Gasteiger partial charge in [0.1, 0.15) is 0 Å². The lowest BCUT2D eigenvalue weighted by atomic mass is 10.0. The van der Waals surface area contributed by atoms with Crippen LogP contribution in [0.2, 0.25) is 0 Å². The monoisotopic (exact) mass is 449 g/mol. The van der Waals surface area contributed by atoms with Crippen LogP contribution in [0.5, 0.6) is 0 Å². The van der Waals surface area contributed by atoms with Gasteiger partial charge in [0.25, 0.3) is 0 Å². The summed E-state index contributed by atoms with van der Waals surface area (Å²) in [5, 5.41) is 14.7. The molecule has 1 atom stereocenters. The van der Waals surface area contributed by atoms with E-state index in [0.29, 0.717) is 11.1 Å². The fourth-order valence-corrected chi connectivity index (χ4v) is 4.95. The molecule has 1 amide bonds. The number of amides is 1. The first-order valence-electron chi connectivity index (χ1n) is 10.0. The summed E-state index contributed by atoms with van der Waals surface area (Å²) < 4.78 is 1.98. The van der Waals surface area contributed by atoms with E-state index in [-0.39, 0.29) is 17.7 Å². The zero-order valence-electron chi connectivity index (χ0n) is 17.3. The van der Waals surface area contributed by atoms with Crippen LogP contribution in [0.25, 0.3) is 17.1 Å². The number of hydrogen-bond acceptors (Lipinski definition) is 6. The highest BCUT2D eigenvalue weighted by Gasteiger charge is 2.21. The number of carbonyl (C=O) groups excluding carboxylic acids is 1. The fraction of sp³-hybridized carbons (Fsp3) is 0.217. The Labute approximate surface area is 189 Å². The van der Waals surface area contributed by atoms with Crippen molar-refractivity contribution in [1.82, 2.24) is 25.1 Å². The Morgan fingerprint density at radius 2 is 1.84 bits per heavy atom. The molecule has 0 aliphatic heterocycles. The van der Waals surface area contributed by atoms with Crippen molar-refractivity contribution in [3.8, 4) is 17.1 Å². The molecular weight excluding hydrogens is 426 g/mol. The number of rotatable bonds is 8. The minimum atomic E-state index is -0.0230. The molecule has 1 aromatic carbocycles. The predicted octanol–water partition coefficient (Wildman–Crippen LogP) is 5.00. The van der Waals surface area contributed by atoms with Gasteiger partial charge in [-0.05, 0) is 41.6 Å². The Morgan fingerprint density at radius 3 is 2.52 bits per heavy atom. The average molecular weight is 450 g/mol. The summed E-state index contributed by atoms with van der Waals surface area (Å²) >= 11 is 3.04. The number of carbonyl (C=O) groups is 1. The van der Waals surface area contributed by atoms with E-state index in [0.717, 1.165) is 17.1 Å². The number of nitrogens with one attached hydrogen (secondary N) is 1. The van der Waals surface area contributed by atoms with Gasteiger partial charge in [0, 0.05) is 28.5 Å². The maximum Gasteiger partial charge on any atom is 0.230 e. The third-order valence-corrected chi connectivity index (χ3v) is 6.64. The lowest BCUT2D eigenvalue weighted by Gasteiger charge is -2.21. The Morgan fingerprint density at radius 1 is 1.06 bits per heavy atom. The molecule has 0 saturated heterocycles. The van der Waals surface area contributed by atoms with E-state index >= 15 is 0 Å². The smallest absolute Gasteiger partial charge is 0.230 e.